The summed E-state index contributed by atoms with van der Waals surface area (Å²) in [7, 11) is 0. The second-order valence-corrected chi connectivity index (χ2v) is 4.89. The molecule has 1 aromatic carbocycles. The van der Waals surface area contributed by atoms with E-state index in [1.54, 1.807) is 23.9 Å². The van der Waals surface area contributed by atoms with Crippen LogP contribution in [0.1, 0.15) is 49.9 Å². The van der Waals surface area contributed by atoms with Crippen molar-refractivity contribution in [2.45, 2.75) is 39.8 Å². The maximum Gasteiger partial charge on any atom is 0.137 e. The van der Waals surface area contributed by atoms with Crippen LogP contribution in [0.25, 0.3) is 6.08 Å². The minimum absolute atomic E-state index is 0.0432. The van der Waals surface area contributed by atoms with Gasteiger partial charge in [0.05, 0.1) is 12.6 Å². The van der Waals surface area contributed by atoms with Crippen molar-refractivity contribution in [2.75, 3.05) is 6.61 Å². The van der Waals surface area contributed by atoms with Crippen molar-refractivity contribution in [3.63, 3.8) is 0 Å². The van der Waals surface area contributed by atoms with E-state index in [4.69, 9.17) is 0 Å². The summed E-state index contributed by atoms with van der Waals surface area (Å²) < 4.78 is 1.79. The predicted octanol–water partition coefficient (Wildman–Crippen LogP) is 3.52. The Labute approximate surface area is 132 Å². The van der Waals surface area contributed by atoms with Crippen molar-refractivity contribution in [3.05, 3.63) is 59.7 Å². The molecule has 0 aliphatic heterocycles. The lowest BCUT2D eigenvalue weighted by atomic mass is 10.1. The highest BCUT2D eigenvalue weighted by molar-refractivity contribution is 5.50. The zero-order valence-corrected chi connectivity index (χ0v) is 13.8. The molecule has 0 fully saturated rings. The van der Waals surface area contributed by atoms with Crippen LogP contribution in [0.4, 0.5) is 0 Å². The van der Waals surface area contributed by atoms with Gasteiger partial charge in [-0.25, -0.2) is 4.98 Å². The summed E-state index contributed by atoms with van der Waals surface area (Å²) in [6, 6.07) is 7.93. The fourth-order valence-electron chi connectivity index (χ4n) is 2.07. The average molecular weight is 302 g/mol. The minimum Gasteiger partial charge on any atom is -0.394 e. The first-order chi connectivity index (χ1) is 10.6. The number of aliphatic hydroxyl groups is 2. The summed E-state index contributed by atoms with van der Waals surface area (Å²) >= 11 is 0. The zero-order valence-electron chi connectivity index (χ0n) is 13.8. The quantitative estimate of drug-likeness (QED) is 0.888. The summed E-state index contributed by atoms with van der Waals surface area (Å²) in [6.45, 7) is 7.67. The second kappa shape index (κ2) is 9.18. The number of aliphatic hydroxyl groups excluding tert-OH is 2. The summed E-state index contributed by atoms with van der Waals surface area (Å²) in [5, 5.41) is 19.2. The Morgan fingerprint density at radius 2 is 1.86 bits per heavy atom. The highest BCUT2D eigenvalue weighted by Crippen LogP contribution is 2.18. The van der Waals surface area contributed by atoms with Gasteiger partial charge in [0.1, 0.15) is 11.9 Å². The molecule has 0 amide bonds. The van der Waals surface area contributed by atoms with E-state index in [0.29, 0.717) is 5.82 Å². The van der Waals surface area contributed by atoms with Gasteiger partial charge in [-0.15, -0.1) is 0 Å². The first kappa shape index (κ1) is 18.1. The smallest absolute Gasteiger partial charge is 0.137 e. The Hall–Kier alpha value is -1.91. The molecule has 2 aromatic rings. The third-order valence-corrected chi connectivity index (χ3v) is 3.20. The number of rotatable bonds is 5. The SMILES string of the molecule is CC.Cc1ccc(/C=C/C(CO)n2ccnc2[C@H](C)O)cc1. The molecule has 4 nitrogen and oxygen atoms in total. The van der Waals surface area contributed by atoms with E-state index in [1.807, 2.05) is 57.2 Å². The van der Waals surface area contributed by atoms with Crippen molar-refractivity contribution in [1.29, 1.82) is 0 Å². The monoisotopic (exact) mass is 302 g/mol. The zero-order chi connectivity index (χ0) is 16.5. The Morgan fingerprint density at radius 3 is 2.41 bits per heavy atom. The maximum absolute atomic E-state index is 9.66. The number of nitrogens with zero attached hydrogens (tertiary/aromatic N) is 2. The molecule has 1 aromatic heterocycles. The summed E-state index contributed by atoms with van der Waals surface area (Å²) in [5.74, 6) is 0.553. The van der Waals surface area contributed by atoms with Crippen LogP contribution in [0, 0.1) is 6.92 Å². The van der Waals surface area contributed by atoms with Crippen LogP contribution in [0.5, 0.6) is 0 Å². The van der Waals surface area contributed by atoms with Crippen molar-refractivity contribution in [3.8, 4) is 0 Å². The molecule has 4 heteroatoms. The van der Waals surface area contributed by atoms with Gasteiger partial charge in [0.25, 0.3) is 0 Å². The number of benzene rings is 1. The molecule has 2 atom stereocenters. The van der Waals surface area contributed by atoms with Gasteiger partial charge in [0, 0.05) is 12.4 Å². The fraction of sp³-hybridized carbons (Fsp3) is 0.389. The molecule has 0 aliphatic rings. The molecule has 120 valence electrons. The maximum atomic E-state index is 9.66. The van der Waals surface area contributed by atoms with Gasteiger partial charge in [-0.2, -0.15) is 0 Å². The molecule has 0 radical (unpaired) electrons. The van der Waals surface area contributed by atoms with Gasteiger partial charge in [-0.3, -0.25) is 0 Å². The van der Waals surface area contributed by atoms with Gasteiger partial charge in [0.2, 0.25) is 0 Å². The molecule has 22 heavy (non-hydrogen) atoms. The molecule has 2 rings (SSSR count). The third-order valence-electron chi connectivity index (χ3n) is 3.20. The van der Waals surface area contributed by atoms with Gasteiger partial charge < -0.3 is 14.8 Å². The lowest BCUT2D eigenvalue weighted by Crippen LogP contribution is -2.14. The van der Waals surface area contributed by atoms with Gasteiger partial charge in [0.15, 0.2) is 0 Å². The van der Waals surface area contributed by atoms with E-state index in [0.717, 1.165) is 5.56 Å². The Bertz CT molecular complexity index is 571. The van der Waals surface area contributed by atoms with Crippen molar-refractivity contribution in [2.24, 2.45) is 0 Å². The molecule has 0 spiro atoms. The van der Waals surface area contributed by atoms with Crippen LogP contribution in [-0.2, 0) is 0 Å². The summed E-state index contributed by atoms with van der Waals surface area (Å²) in [6.07, 6.45) is 6.61. The Balaban J connectivity index is 0.00000116. The summed E-state index contributed by atoms with van der Waals surface area (Å²) in [4.78, 5) is 4.12. The first-order valence-electron chi connectivity index (χ1n) is 7.68. The molecular formula is C18H26N2O2. The van der Waals surface area contributed by atoms with Crippen LogP contribution in [0.2, 0.25) is 0 Å². The fourth-order valence-corrected chi connectivity index (χ4v) is 2.07. The molecule has 1 unspecified atom stereocenters. The molecule has 0 aliphatic carbocycles. The highest BCUT2D eigenvalue weighted by atomic mass is 16.3. The van der Waals surface area contributed by atoms with Crippen LogP contribution >= 0.6 is 0 Å². The van der Waals surface area contributed by atoms with E-state index in [9.17, 15) is 10.2 Å². The van der Waals surface area contributed by atoms with Crippen LogP contribution < -0.4 is 0 Å². The predicted molar refractivity (Wildman–Crippen MR) is 90.5 cm³/mol. The molecular weight excluding hydrogens is 276 g/mol. The van der Waals surface area contributed by atoms with E-state index < -0.39 is 6.10 Å². The molecule has 1 heterocycles. The lowest BCUT2D eigenvalue weighted by Gasteiger charge is -2.16. The molecule has 2 N–H and O–H groups in total. The molecule has 0 bridgehead atoms. The van der Waals surface area contributed by atoms with Crippen LogP contribution in [-0.4, -0.2) is 26.4 Å². The highest BCUT2D eigenvalue weighted by Gasteiger charge is 2.14. The van der Waals surface area contributed by atoms with Crippen molar-refractivity contribution >= 4 is 6.08 Å². The largest absolute Gasteiger partial charge is 0.394 e. The summed E-state index contributed by atoms with van der Waals surface area (Å²) in [5.41, 5.74) is 2.29. The average Bonchev–Trinajstić information content (AvgIpc) is 3.01. The van der Waals surface area contributed by atoms with Crippen molar-refractivity contribution in [1.82, 2.24) is 9.55 Å². The normalized spacial score (nSPS) is 13.5. The Morgan fingerprint density at radius 1 is 1.23 bits per heavy atom. The molecule has 0 saturated heterocycles. The van der Waals surface area contributed by atoms with Gasteiger partial charge in [-0.05, 0) is 19.4 Å². The Kier molecular flexibility index (Phi) is 7.57. The van der Waals surface area contributed by atoms with Gasteiger partial charge >= 0.3 is 0 Å². The minimum atomic E-state index is -0.660. The third kappa shape index (κ3) is 4.83. The topological polar surface area (TPSA) is 58.3 Å². The number of aryl methyl sites for hydroxylation is 1. The van der Waals surface area contributed by atoms with E-state index >= 15 is 0 Å². The van der Waals surface area contributed by atoms with Gasteiger partial charge in [-0.1, -0.05) is 55.8 Å². The number of aromatic nitrogens is 2. The van der Waals surface area contributed by atoms with E-state index in [1.165, 1.54) is 5.56 Å². The number of imidazole rings is 1. The lowest BCUT2D eigenvalue weighted by molar-refractivity contribution is 0.175. The first-order valence-corrected chi connectivity index (χ1v) is 7.68. The second-order valence-electron chi connectivity index (χ2n) is 4.89. The van der Waals surface area contributed by atoms with Crippen LogP contribution in [0.3, 0.4) is 0 Å². The number of hydrogen-bond acceptors (Lipinski definition) is 3. The standard InChI is InChI=1S/C16H20N2O2.C2H6/c1-12-3-5-14(6-4-12)7-8-15(11-19)18-10-9-17-16(18)13(2)20;1-2/h3-10,13,15,19-20H,11H2,1-2H3;1-2H3/b8-7+;/t13-,15?;/m0./s1. The van der Waals surface area contributed by atoms with E-state index in [-0.39, 0.29) is 12.6 Å². The molecule has 0 saturated carbocycles. The number of hydrogen-bond donors (Lipinski definition) is 2. The van der Waals surface area contributed by atoms with E-state index in [2.05, 4.69) is 4.98 Å². The van der Waals surface area contributed by atoms with Crippen LogP contribution in [0.15, 0.2) is 42.7 Å². The van der Waals surface area contributed by atoms with Crippen molar-refractivity contribution < 1.29 is 10.2 Å².